The Morgan fingerprint density at radius 3 is 2.43 bits per heavy atom. The summed E-state index contributed by atoms with van der Waals surface area (Å²) in [6.45, 7) is 6.50. The molecule has 0 spiro atoms. The fourth-order valence-corrected chi connectivity index (χ4v) is 3.51. The van der Waals surface area contributed by atoms with Gasteiger partial charge in [0.05, 0.1) is 5.75 Å². The van der Waals surface area contributed by atoms with Crippen LogP contribution < -0.4 is 9.46 Å². The highest BCUT2D eigenvalue weighted by Gasteiger charge is 2.11. The fraction of sp³-hybridized carbons (Fsp3) is 0.333. The second-order valence-electron chi connectivity index (χ2n) is 5.76. The largest absolute Gasteiger partial charge is 0.492 e. The Balaban J connectivity index is 1.83. The Morgan fingerprint density at radius 1 is 1.00 bits per heavy atom. The van der Waals surface area contributed by atoms with E-state index in [9.17, 15) is 8.42 Å². The van der Waals surface area contributed by atoms with Crippen molar-refractivity contribution in [1.82, 2.24) is 4.72 Å². The zero-order valence-electron chi connectivity index (χ0n) is 13.8. The highest BCUT2D eigenvalue weighted by Crippen LogP contribution is 2.18. The third kappa shape index (κ3) is 5.69. The molecule has 0 atom stereocenters. The van der Waals surface area contributed by atoms with Gasteiger partial charge in [-0.3, -0.25) is 0 Å². The number of nitrogens with one attached hydrogen (secondary N) is 1. The molecule has 1 N–H and O–H groups in total. The third-order valence-electron chi connectivity index (χ3n) is 3.45. The van der Waals surface area contributed by atoms with E-state index in [1.165, 1.54) is 5.56 Å². The monoisotopic (exact) mass is 333 g/mol. The van der Waals surface area contributed by atoms with Crippen LogP contribution in [0.4, 0.5) is 0 Å². The van der Waals surface area contributed by atoms with Crippen molar-refractivity contribution in [3.63, 3.8) is 0 Å². The van der Waals surface area contributed by atoms with Gasteiger partial charge in [-0.25, -0.2) is 13.1 Å². The summed E-state index contributed by atoms with van der Waals surface area (Å²) in [6.07, 6.45) is 0. The Kier molecular flexibility index (Phi) is 5.80. The zero-order valence-corrected chi connectivity index (χ0v) is 14.6. The molecule has 0 aromatic heterocycles. The molecule has 0 aliphatic heterocycles. The number of benzene rings is 2. The van der Waals surface area contributed by atoms with E-state index in [2.05, 4.69) is 4.72 Å². The molecule has 23 heavy (non-hydrogen) atoms. The molecule has 0 bridgehead atoms. The van der Waals surface area contributed by atoms with Gasteiger partial charge in [0.25, 0.3) is 0 Å². The average Bonchev–Trinajstić information content (AvgIpc) is 2.45. The topological polar surface area (TPSA) is 55.4 Å². The minimum Gasteiger partial charge on any atom is -0.492 e. The van der Waals surface area contributed by atoms with Gasteiger partial charge in [0, 0.05) is 6.54 Å². The van der Waals surface area contributed by atoms with Crippen LogP contribution in [-0.2, 0) is 15.8 Å². The lowest BCUT2D eigenvalue weighted by Crippen LogP contribution is -2.29. The molecule has 0 heterocycles. The standard InChI is InChI=1S/C18H23NO3S/c1-14-5-4-6-17(12-14)13-23(20,21)19-9-10-22-18-8-7-15(2)11-16(18)3/h4-8,11-12,19H,9-10,13H2,1-3H3. The zero-order chi connectivity index (χ0) is 16.9. The third-order valence-corrected chi connectivity index (χ3v) is 4.81. The number of ether oxygens (including phenoxy) is 1. The fourth-order valence-electron chi connectivity index (χ4n) is 2.39. The van der Waals surface area contributed by atoms with Crippen LogP contribution >= 0.6 is 0 Å². The minimum absolute atomic E-state index is 0.0156. The molecule has 0 aliphatic carbocycles. The van der Waals surface area contributed by atoms with Crippen molar-refractivity contribution in [2.75, 3.05) is 13.2 Å². The summed E-state index contributed by atoms with van der Waals surface area (Å²) in [4.78, 5) is 0. The average molecular weight is 333 g/mol. The predicted octanol–water partition coefficient (Wildman–Crippen LogP) is 3.11. The van der Waals surface area contributed by atoms with Crippen molar-refractivity contribution in [1.29, 1.82) is 0 Å². The molecule has 0 saturated carbocycles. The maximum absolute atomic E-state index is 12.1. The molecule has 0 saturated heterocycles. The van der Waals surface area contributed by atoms with Gasteiger partial charge in [0.1, 0.15) is 12.4 Å². The summed E-state index contributed by atoms with van der Waals surface area (Å²) in [7, 11) is -3.35. The van der Waals surface area contributed by atoms with Crippen molar-refractivity contribution in [3.05, 3.63) is 64.7 Å². The lowest BCUT2D eigenvalue weighted by Gasteiger charge is -2.11. The first kappa shape index (κ1) is 17.5. The van der Waals surface area contributed by atoms with Crippen LogP contribution in [0.25, 0.3) is 0 Å². The Hall–Kier alpha value is -1.85. The smallest absolute Gasteiger partial charge is 0.215 e. The SMILES string of the molecule is Cc1cccc(CS(=O)(=O)NCCOc2ccc(C)cc2C)c1. The summed E-state index contributed by atoms with van der Waals surface area (Å²) in [5.74, 6) is 0.770. The number of hydrogen-bond acceptors (Lipinski definition) is 3. The number of sulfonamides is 1. The van der Waals surface area contributed by atoms with E-state index in [1.54, 1.807) is 0 Å². The van der Waals surface area contributed by atoms with Gasteiger partial charge in [-0.2, -0.15) is 0 Å². The van der Waals surface area contributed by atoms with Crippen molar-refractivity contribution in [2.45, 2.75) is 26.5 Å². The summed E-state index contributed by atoms with van der Waals surface area (Å²) < 4.78 is 32.3. The van der Waals surface area contributed by atoms with E-state index in [4.69, 9.17) is 4.74 Å². The van der Waals surface area contributed by atoms with Crippen LogP contribution in [-0.4, -0.2) is 21.6 Å². The molecule has 0 radical (unpaired) electrons. The van der Waals surface area contributed by atoms with Crippen LogP contribution in [0, 0.1) is 20.8 Å². The van der Waals surface area contributed by atoms with Crippen molar-refractivity contribution < 1.29 is 13.2 Å². The lowest BCUT2D eigenvalue weighted by molar-refractivity contribution is 0.320. The predicted molar refractivity (Wildman–Crippen MR) is 93.2 cm³/mol. The lowest BCUT2D eigenvalue weighted by atomic mass is 10.1. The van der Waals surface area contributed by atoms with Crippen molar-refractivity contribution in [2.24, 2.45) is 0 Å². The van der Waals surface area contributed by atoms with Crippen LogP contribution in [0.5, 0.6) is 5.75 Å². The first-order chi connectivity index (χ1) is 10.9. The molecule has 0 fully saturated rings. The molecular weight excluding hydrogens is 310 g/mol. The Labute approximate surface area is 138 Å². The van der Waals surface area contributed by atoms with Crippen LogP contribution in [0.1, 0.15) is 22.3 Å². The van der Waals surface area contributed by atoms with Gasteiger partial charge in [0.15, 0.2) is 0 Å². The number of rotatable bonds is 7. The van der Waals surface area contributed by atoms with E-state index in [0.29, 0.717) is 6.61 Å². The normalized spacial score (nSPS) is 11.4. The van der Waals surface area contributed by atoms with Gasteiger partial charge in [-0.05, 0) is 38.0 Å². The number of hydrogen-bond donors (Lipinski definition) is 1. The maximum atomic E-state index is 12.1. The second kappa shape index (κ2) is 7.62. The molecular formula is C18H23NO3S. The second-order valence-corrected chi connectivity index (χ2v) is 7.57. The highest BCUT2D eigenvalue weighted by atomic mass is 32.2. The number of aryl methyl sites for hydroxylation is 3. The van der Waals surface area contributed by atoms with E-state index in [1.807, 2.05) is 63.2 Å². The summed E-state index contributed by atoms with van der Waals surface area (Å²) in [6, 6.07) is 13.4. The summed E-state index contributed by atoms with van der Waals surface area (Å²) >= 11 is 0. The van der Waals surface area contributed by atoms with Crippen LogP contribution in [0.15, 0.2) is 42.5 Å². The molecule has 0 unspecified atom stereocenters. The molecule has 5 heteroatoms. The summed E-state index contributed by atoms with van der Waals surface area (Å²) in [5, 5.41) is 0. The van der Waals surface area contributed by atoms with Crippen molar-refractivity contribution >= 4 is 10.0 Å². The van der Waals surface area contributed by atoms with Gasteiger partial charge in [-0.15, -0.1) is 0 Å². The molecule has 2 aromatic rings. The van der Waals surface area contributed by atoms with Crippen molar-refractivity contribution in [3.8, 4) is 5.75 Å². The minimum atomic E-state index is -3.35. The highest BCUT2D eigenvalue weighted by molar-refractivity contribution is 7.88. The molecule has 2 aromatic carbocycles. The van der Waals surface area contributed by atoms with Gasteiger partial charge in [-0.1, -0.05) is 47.5 Å². The van der Waals surface area contributed by atoms with Crippen LogP contribution in [0.3, 0.4) is 0 Å². The molecule has 2 rings (SSSR count). The molecule has 0 aliphatic rings. The van der Waals surface area contributed by atoms with E-state index in [-0.39, 0.29) is 12.3 Å². The van der Waals surface area contributed by atoms with Gasteiger partial charge < -0.3 is 4.74 Å². The molecule has 4 nitrogen and oxygen atoms in total. The first-order valence-corrected chi connectivity index (χ1v) is 9.24. The Bertz CT molecular complexity index is 770. The quantitative estimate of drug-likeness (QED) is 0.792. The van der Waals surface area contributed by atoms with E-state index >= 15 is 0 Å². The van der Waals surface area contributed by atoms with Gasteiger partial charge in [0.2, 0.25) is 10.0 Å². The summed E-state index contributed by atoms with van der Waals surface area (Å²) in [5.41, 5.74) is 4.06. The van der Waals surface area contributed by atoms with Crippen LogP contribution in [0.2, 0.25) is 0 Å². The van der Waals surface area contributed by atoms with E-state index < -0.39 is 10.0 Å². The first-order valence-electron chi connectivity index (χ1n) is 7.59. The van der Waals surface area contributed by atoms with Gasteiger partial charge >= 0.3 is 0 Å². The maximum Gasteiger partial charge on any atom is 0.215 e. The Morgan fingerprint density at radius 2 is 1.74 bits per heavy atom. The molecule has 0 amide bonds. The molecule has 124 valence electrons. The van der Waals surface area contributed by atoms with E-state index in [0.717, 1.165) is 22.4 Å².